The van der Waals surface area contributed by atoms with E-state index < -0.39 is 0 Å². The average Bonchev–Trinajstić information content (AvgIpc) is 2.78. The van der Waals surface area contributed by atoms with Crippen molar-refractivity contribution in [3.05, 3.63) is 65.9 Å². The van der Waals surface area contributed by atoms with Crippen molar-refractivity contribution in [2.45, 2.75) is 6.92 Å². The van der Waals surface area contributed by atoms with Crippen molar-refractivity contribution in [3.8, 4) is 0 Å². The lowest BCUT2D eigenvalue weighted by atomic mass is 10.1. The number of aryl methyl sites for hydroxylation is 1. The molecule has 18 heavy (non-hydrogen) atoms. The van der Waals surface area contributed by atoms with Gasteiger partial charge in [0.15, 0.2) is 0 Å². The molecule has 0 saturated carbocycles. The number of fused-ring (bicyclic) bond motifs is 1. The van der Waals surface area contributed by atoms with Gasteiger partial charge in [-0.3, -0.25) is 4.99 Å². The summed E-state index contributed by atoms with van der Waals surface area (Å²) in [5, 5.41) is 1.23. The van der Waals surface area contributed by atoms with Crippen LogP contribution in [0.15, 0.2) is 59.6 Å². The zero-order chi connectivity index (χ0) is 12.4. The summed E-state index contributed by atoms with van der Waals surface area (Å²) in [5.74, 6) is 0. The Labute approximate surface area is 106 Å². The van der Waals surface area contributed by atoms with Gasteiger partial charge in [-0.15, -0.1) is 0 Å². The second-order valence-electron chi connectivity index (χ2n) is 4.36. The third kappa shape index (κ3) is 2.05. The van der Waals surface area contributed by atoms with E-state index in [4.69, 9.17) is 0 Å². The molecular formula is C16H14N2. The van der Waals surface area contributed by atoms with Gasteiger partial charge in [-0.1, -0.05) is 36.4 Å². The van der Waals surface area contributed by atoms with E-state index in [1.807, 2.05) is 36.5 Å². The number of hydrogen-bond donors (Lipinski definition) is 1. The third-order valence-corrected chi connectivity index (χ3v) is 2.93. The highest BCUT2D eigenvalue weighted by Gasteiger charge is 2.00. The van der Waals surface area contributed by atoms with Gasteiger partial charge in [0.05, 0.1) is 11.2 Å². The minimum absolute atomic E-state index is 0.970. The van der Waals surface area contributed by atoms with Crippen LogP contribution in [-0.2, 0) is 0 Å². The van der Waals surface area contributed by atoms with Crippen molar-refractivity contribution in [3.63, 3.8) is 0 Å². The topological polar surface area (TPSA) is 28.1 Å². The van der Waals surface area contributed by atoms with Gasteiger partial charge in [0, 0.05) is 22.9 Å². The number of rotatable bonds is 2. The van der Waals surface area contributed by atoms with E-state index in [0.717, 1.165) is 16.8 Å². The van der Waals surface area contributed by atoms with Crippen LogP contribution >= 0.6 is 0 Å². The molecule has 2 nitrogen and oxygen atoms in total. The third-order valence-electron chi connectivity index (χ3n) is 2.93. The monoisotopic (exact) mass is 234 g/mol. The summed E-state index contributed by atoms with van der Waals surface area (Å²) in [6, 6.07) is 18.4. The first-order valence-corrected chi connectivity index (χ1v) is 6.00. The van der Waals surface area contributed by atoms with E-state index in [9.17, 15) is 0 Å². The molecule has 1 heterocycles. The van der Waals surface area contributed by atoms with Gasteiger partial charge in [0.1, 0.15) is 0 Å². The normalized spacial score (nSPS) is 11.4. The number of nitrogens with zero attached hydrogens (tertiary/aromatic N) is 1. The molecule has 0 spiro atoms. The van der Waals surface area contributed by atoms with Crippen molar-refractivity contribution < 1.29 is 0 Å². The molecule has 0 saturated heterocycles. The molecule has 2 aromatic carbocycles. The number of hydrogen-bond acceptors (Lipinski definition) is 1. The molecule has 0 aliphatic rings. The van der Waals surface area contributed by atoms with E-state index in [1.165, 1.54) is 11.1 Å². The van der Waals surface area contributed by atoms with Gasteiger partial charge in [-0.05, 0) is 25.1 Å². The van der Waals surface area contributed by atoms with Crippen molar-refractivity contribution in [1.29, 1.82) is 0 Å². The Morgan fingerprint density at radius 3 is 2.67 bits per heavy atom. The van der Waals surface area contributed by atoms with E-state index >= 15 is 0 Å². The highest BCUT2D eigenvalue weighted by atomic mass is 14.7. The van der Waals surface area contributed by atoms with E-state index in [2.05, 4.69) is 41.2 Å². The Morgan fingerprint density at radius 2 is 1.83 bits per heavy atom. The largest absolute Gasteiger partial charge is 0.358 e. The van der Waals surface area contributed by atoms with Crippen LogP contribution in [-0.4, -0.2) is 11.2 Å². The van der Waals surface area contributed by atoms with Crippen LogP contribution in [0.25, 0.3) is 10.9 Å². The second kappa shape index (κ2) is 4.49. The fourth-order valence-electron chi connectivity index (χ4n) is 2.09. The Balaban J connectivity index is 2.02. The smallest absolute Gasteiger partial charge is 0.0629 e. The molecule has 1 N–H and O–H groups in total. The first-order chi connectivity index (χ1) is 8.83. The minimum Gasteiger partial charge on any atom is -0.358 e. The molecule has 0 aliphatic heterocycles. The molecule has 0 amide bonds. The van der Waals surface area contributed by atoms with E-state index in [1.54, 1.807) is 0 Å². The number of aromatic nitrogens is 1. The van der Waals surface area contributed by atoms with Crippen LogP contribution in [0.4, 0.5) is 5.69 Å². The molecule has 0 bridgehead atoms. The zero-order valence-corrected chi connectivity index (χ0v) is 10.2. The summed E-state index contributed by atoms with van der Waals surface area (Å²) < 4.78 is 0. The van der Waals surface area contributed by atoms with Crippen LogP contribution in [0.1, 0.15) is 11.3 Å². The molecule has 3 aromatic rings. The van der Waals surface area contributed by atoms with Crippen molar-refractivity contribution in [1.82, 2.24) is 4.98 Å². The molecule has 1 aromatic heterocycles. The average molecular weight is 234 g/mol. The van der Waals surface area contributed by atoms with Gasteiger partial charge < -0.3 is 4.98 Å². The van der Waals surface area contributed by atoms with Gasteiger partial charge in [-0.25, -0.2) is 0 Å². The number of para-hydroxylation sites is 2. The van der Waals surface area contributed by atoms with Gasteiger partial charge in [-0.2, -0.15) is 0 Å². The standard InChI is InChI=1S/C16H14N2/c1-12-10-13-6-5-7-14(16(13)18-12)11-17-15-8-3-2-4-9-15/h2-11,18H,1H3. The number of H-pyrrole nitrogens is 1. The molecule has 0 aliphatic carbocycles. The first-order valence-electron chi connectivity index (χ1n) is 6.00. The van der Waals surface area contributed by atoms with Crippen molar-refractivity contribution in [2.75, 3.05) is 0 Å². The van der Waals surface area contributed by atoms with Crippen molar-refractivity contribution >= 4 is 22.8 Å². The second-order valence-corrected chi connectivity index (χ2v) is 4.36. The molecular weight excluding hydrogens is 220 g/mol. The molecule has 0 atom stereocenters. The Hall–Kier alpha value is -2.35. The molecule has 3 rings (SSSR count). The Morgan fingerprint density at radius 1 is 1.00 bits per heavy atom. The summed E-state index contributed by atoms with van der Waals surface area (Å²) in [6.07, 6.45) is 1.91. The highest BCUT2D eigenvalue weighted by Crippen LogP contribution is 2.19. The lowest BCUT2D eigenvalue weighted by Gasteiger charge is -1.96. The summed E-state index contributed by atoms with van der Waals surface area (Å²) >= 11 is 0. The van der Waals surface area contributed by atoms with Crippen LogP contribution in [0.5, 0.6) is 0 Å². The highest BCUT2D eigenvalue weighted by molar-refractivity contribution is 5.98. The van der Waals surface area contributed by atoms with Crippen LogP contribution in [0, 0.1) is 6.92 Å². The quantitative estimate of drug-likeness (QED) is 0.643. The molecule has 0 unspecified atom stereocenters. The summed E-state index contributed by atoms with van der Waals surface area (Å²) in [6.45, 7) is 2.07. The maximum Gasteiger partial charge on any atom is 0.0629 e. The summed E-state index contributed by atoms with van der Waals surface area (Å²) in [7, 11) is 0. The Bertz CT molecular complexity index is 693. The summed E-state index contributed by atoms with van der Waals surface area (Å²) in [4.78, 5) is 7.86. The maximum atomic E-state index is 4.49. The fourth-order valence-corrected chi connectivity index (χ4v) is 2.09. The van der Waals surface area contributed by atoms with Gasteiger partial charge in [0.2, 0.25) is 0 Å². The number of aliphatic imine (C=N–C) groups is 1. The first kappa shape index (κ1) is 10.8. The number of aromatic amines is 1. The van der Waals surface area contributed by atoms with Crippen LogP contribution in [0.2, 0.25) is 0 Å². The van der Waals surface area contributed by atoms with Crippen LogP contribution < -0.4 is 0 Å². The number of benzene rings is 2. The minimum atomic E-state index is 0.970. The fraction of sp³-hybridized carbons (Fsp3) is 0.0625. The predicted octanol–water partition coefficient (Wildman–Crippen LogP) is 4.23. The lowest BCUT2D eigenvalue weighted by Crippen LogP contribution is -1.83. The van der Waals surface area contributed by atoms with E-state index in [0.29, 0.717) is 0 Å². The van der Waals surface area contributed by atoms with Gasteiger partial charge >= 0.3 is 0 Å². The SMILES string of the molecule is Cc1cc2cccc(C=Nc3ccccc3)c2[nH]1. The predicted molar refractivity (Wildman–Crippen MR) is 76.7 cm³/mol. The van der Waals surface area contributed by atoms with Gasteiger partial charge in [0.25, 0.3) is 0 Å². The summed E-state index contributed by atoms with van der Waals surface area (Å²) in [5.41, 5.74) is 4.41. The lowest BCUT2D eigenvalue weighted by molar-refractivity contribution is 1.30. The maximum absolute atomic E-state index is 4.49. The molecule has 88 valence electrons. The molecule has 0 fully saturated rings. The van der Waals surface area contributed by atoms with E-state index in [-0.39, 0.29) is 0 Å². The van der Waals surface area contributed by atoms with Crippen LogP contribution in [0.3, 0.4) is 0 Å². The zero-order valence-electron chi connectivity index (χ0n) is 10.2. The Kier molecular flexibility index (Phi) is 2.69. The molecule has 2 heteroatoms. The number of nitrogens with one attached hydrogen (secondary N) is 1. The molecule has 0 radical (unpaired) electrons. The van der Waals surface area contributed by atoms with Crippen molar-refractivity contribution in [2.24, 2.45) is 4.99 Å².